The lowest BCUT2D eigenvalue weighted by Gasteiger charge is -2.17. The van der Waals surface area contributed by atoms with Gasteiger partial charge in [-0.15, -0.1) is 23.1 Å². The van der Waals surface area contributed by atoms with Crippen molar-refractivity contribution in [1.29, 1.82) is 0 Å². The maximum Gasteiger partial charge on any atom is 0.259 e. The molecular weight excluding hydrogens is 450 g/mol. The number of rotatable bonds is 7. The Labute approximate surface area is 200 Å². The molecule has 1 aliphatic carbocycles. The predicted octanol–water partition coefficient (Wildman–Crippen LogP) is 5.03. The van der Waals surface area contributed by atoms with Crippen LogP contribution in [0.4, 0.5) is 0 Å². The summed E-state index contributed by atoms with van der Waals surface area (Å²) in [5.41, 5.74) is 4.59. The number of aromatic nitrogens is 2. The number of nitrogens with one attached hydrogen (secondary N) is 1. The Morgan fingerprint density at radius 2 is 1.85 bits per heavy atom. The van der Waals surface area contributed by atoms with Crippen molar-refractivity contribution in [2.75, 3.05) is 12.8 Å². The van der Waals surface area contributed by atoms with Gasteiger partial charge in [0.1, 0.15) is 10.7 Å². The Morgan fingerprint density at radius 1 is 1.09 bits per heavy atom. The second kappa shape index (κ2) is 9.53. The molecule has 7 heteroatoms. The summed E-state index contributed by atoms with van der Waals surface area (Å²) >= 11 is 3.13. The first-order valence-corrected chi connectivity index (χ1v) is 13.0. The number of aryl methyl sites for hydroxylation is 2. The van der Waals surface area contributed by atoms with E-state index in [4.69, 9.17) is 0 Å². The van der Waals surface area contributed by atoms with E-state index in [2.05, 4.69) is 46.4 Å². The SMILES string of the molecule is CN(Cc1ccc(-c2ccccc2)cc1)C(=O)CSCc1nc2sc3c(c2c(=O)[nH]1)CCC3. The number of hydrogen-bond donors (Lipinski definition) is 1. The van der Waals surface area contributed by atoms with Crippen molar-refractivity contribution in [2.24, 2.45) is 0 Å². The van der Waals surface area contributed by atoms with Crippen LogP contribution >= 0.6 is 23.1 Å². The molecule has 2 aromatic carbocycles. The summed E-state index contributed by atoms with van der Waals surface area (Å²) < 4.78 is 0. The number of benzene rings is 2. The molecule has 0 spiro atoms. The van der Waals surface area contributed by atoms with Gasteiger partial charge in [0.25, 0.3) is 5.56 Å². The monoisotopic (exact) mass is 475 g/mol. The molecule has 0 atom stereocenters. The number of thioether (sulfide) groups is 1. The van der Waals surface area contributed by atoms with Crippen molar-refractivity contribution in [1.82, 2.24) is 14.9 Å². The molecule has 4 aromatic rings. The molecule has 5 nitrogen and oxygen atoms in total. The Bertz CT molecular complexity index is 1340. The van der Waals surface area contributed by atoms with E-state index in [9.17, 15) is 9.59 Å². The minimum absolute atomic E-state index is 0.0441. The van der Waals surface area contributed by atoms with E-state index < -0.39 is 0 Å². The zero-order valence-corrected chi connectivity index (χ0v) is 20.1. The highest BCUT2D eigenvalue weighted by Crippen LogP contribution is 2.34. The topological polar surface area (TPSA) is 66.1 Å². The number of amides is 1. The standard InChI is InChI=1S/C26H25N3O2S2/c1-29(14-17-10-12-19(13-11-17)18-6-3-2-4-7-18)23(30)16-32-15-22-27-25(31)24-20-8-5-9-21(20)33-26(24)28-22/h2-4,6-7,10-13H,5,8-9,14-16H2,1H3,(H,27,28,31). The third-order valence-corrected chi connectivity index (χ3v) is 8.11. The molecule has 1 N–H and O–H groups in total. The van der Waals surface area contributed by atoms with Crippen molar-refractivity contribution in [3.63, 3.8) is 0 Å². The first kappa shape index (κ1) is 21.9. The minimum atomic E-state index is -0.0441. The molecule has 0 radical (unpaired) electrons. The van der Waals surface area contributed by atoms with Gasteiger partial charge in [-0.05, 0) is 41.5 Å². The van der Waals surface area contributed by atoms with Crippen molar-refractivity contribution >= 4 is 39.2 Å². The number of H-pyrrole nitrogens is 1. The van der Waals surface area contributed by atoms with E-state index >= 15 is 0 Å². The fraction of sp³-hybridized carbons (Fsp3) is 0.269. The van der Waals surface area contributed by atoms with Crippen molar-refractivity contribution < 1.29 is 4.79 Å². The van der Waals surface area contributed by atoms with Crippen LogP contribution in [-0.2, 0) is 29.9 Å². The first-order valence-electron chi connectivity index (χ1n) is 11.1. The molecule has 168 valence electrons. The fourth-order valence-electron chi connectivity index (χ4n) is 4.26. The normalized spacial score (nSPS) is 12.8. The Morgan fingerprint density at radius 3 is 2.64 bits per heavy atom. The fourth-order valence-corrected chi connectivity index (χ4v) is 6.36. The van der Waals surface area contributed by atoms with Gasteiger partial charge in [0.05, 0.1) is 16.9 Å². The van der Waals surface area contributed by atoms with Crippen LogP contribution in [0.2, 0.25) is 0 Å². The predicted molar refractivity (Wildman–Crippen MR) is 137 cm³/mol. The number of fused-ring (bicyclic) bond motifs is 3. The van der Waals surface area contributed by atoms with E-state index in [-0.39, 0.29) is 11.5 Å². The van der Waals surface area contributed by atoms with Crippen molar-refractivity contribution in [3.8, 4) is 11.1 Å². The van der Waals surface area contributed by atoms with Crippen molar-refractivity contribution in [3.05, 3.63) is 86.8 Å². The van der Waals surface area contributed by atoms with Crippen LogP contribution in [0, 0.1) is 0 Å². The highest BCUT2D eigenvalue weighted by atomic mass is 32.2. The third-order valence-electron chi connectivity index (χ3n) is 5.99. The molecule has 2 heterocycles. The molecule has 5 rings (SSSR count). The van der Waals surface area contributed by atoms with Gasteiger partial charge in [-0.1, -0.05) is 54.6 Å². The van der Waals surface area contributed by atoms with Crippen LogP contribution in [0.3, 0.4) is 0 Å². The van der Waals surface area contributed by atoms with E-state index in [1.165, 1.54) is 33.3 Å². The van der Waals surface area contributed by atoms with Crippen LogP contribution in [0.25, 0.3) is 21.3 Å². The number of carbonyl (C=O) groups excluding carboxylic acids is 1. The summed E-state index contributed by atoms with van der Waals surface area (Å²) in [5.74, 6) is 1.57. The zero-order chi connectivity index (χ0) is 22.8. The van der Waals surface area contributed by atoms with Crippen LogP contribution < -0.4 is 5.56 Å². The summed E-state index contributed by atoms with van der Waals surface area (Å²) in [6.07, 6.45) is 3.15. The van der Waals surface area contributed by atoms with Gasteiger partial charge in [-0.25, -0.2) is 4.98 Å². The molecule has 0 saturated carbocycles. The van der Waals surface area contributed by atoms with Gasteiger partial charge in [-0.3, -0.25) is 9.59 Å². The molecule has 0 fully saturated rings. The highest BCUT2D eigenvalue weighted by Gasteiger charge is 2.21. The number of aromatic amines is 1. The molecule has 0 unspecified atom stereocenters. The Hall–Kier alpha value is -2.90. The third kappa shape index (κ3) is 4.75. The van der Waals surface area contributed by atoms with Crippen molar-refractivity contribution in [2.45, 2.75) is 31.6 Å². The second-order valence-electron chi connectivity index (χ2n) is 8.36. The largest absolute Gasteiger partial charge is 0.341 e. The van der Waals surface area contributed by atoms with Crippen LogP contribution in [-0.4, -0.2) is 33.6 Å². The van der Waals surface area contributed by atoms with Crippen LogP contribution in [0.15, 0.2) is 59.4 Å². The molecule has 0 bridgehead atoms. The molecule has 1 aliphatic rings. The van der Waals surface area contributed by atoms with Gasteiger partial charge in [0.2, 0.25) is 5.91 Å². The lowest BCUT2D eigenvalue weighted by Crippen LogP contribution is -2.27. The average molecular weight is 476 g/mol. The molecule has 0 aliphatic heterocycles. The zero-order valence-electron chi connectivity index (χ0n) is 18.5. The van der Waals surface area contributed by atoms with E-state index in [1.54, 1.807) is 16.2 Å². The maximum absolute atomic E-state index is 12.6. The summed E-state index contributed by atoms with van der Waals surface area (Å²) in [4.78, 5) is 36.7. The number of hydrogen-bond acceptors (Lipinski definition) is 5. The highest BCUT2D eigenvalue weighted by molar-refractivity contribution is 7.99. The van der Waals surface area contributed by atoms with Crippen LogP contribution in [0.5, 0.6) is 0 Å². The lowest BCUT2D eigenvalue weighted by atomic mass is 10.0. The minimum Gasteiger partial charge on any atom is -0.341 e. The van der Waals surface area contributed by atoms with Gasteiger partial charge in [-0.2, -0.15) is 0 Å². The summed E-state index contributed by atoms with van der Waals surface area (Å²) in [7, 11) is 1.83. The molecule has 0 saturated heterocycles. The van der Waals surface area contributed by atoms with E-state index in [1.807, 2.05) is 25.2 Å². The Kier molecular flexibility index (Phi) is 6.33. The average Bonchev–Trinajstić information content (AvgIpc) is 3.41. The number of carbonyl (C=O) groups is 1. The molecular formula is C26H25N3O2S2. The smallest absolute Gasteiger partial charge is 0.259 e. The second-order valence-corrected chi connectivity index (χ2v) is 10.4. The van der Waals surface area contributed by atoms with Gasteiger partial charge in [0, 0.05) is 18.5 Å². The quantitative estimate of drug-likeness (QED) is 0.407. The van der Waals surface area contributed by atoms with Crippen LogP contribution in [0.1, 0.15) is 28.2 Å². The first-order chi connectivity index (χ1) is 16.1. The Balaban J connectivity index is 1.15. The molecule has 33 heavy (non-hydrogen) atoms. The maximum atomic E-state index is 12.6. The number of nitrogens with zero attached hydrogens (tertiary/aromatic N) is 2. The van der Waals surface area contributed by atoms with E-state index in [0.29, 0.717) is 23.9 Å². The molecule has 1 amide bonds. The summed E-state index contributed by atoms with van der Waals surface area (Å²) in [6.45, 7) is 0.566. The summed E-state index contributed by atoms with van der Waals surface area (Å²) in [6, 6.07) is 18.6. The van der Waals surface area contributed by atoms with Gasteiger partial charge < -0.3 is 9.88 Å². The van der Waals surface area contributed by atoms with E-state index in [0.717, 1.165) is 35.0 Å². The number of thiophene rings is 1. The summed E-state index contributed by atoms with van der Waals surface area (Å²) in [5, 5.41) is 0.773. The van der Waals surface area contributed by atoms with Gasteiger partial charge in [0.15, 0.2) is 0 Å². The lowest BCUT2D eigenvalue weighted by molar-refractivity contribution is -0.127. The molecule has 2 aromatic heterocycles. The van der Waals surface area contributed by atoms with Gasteiger partial charge >= 0.3 is 0 Å².